The van der Waals surface area contributed by atoms with Gasteiger partial charge in [0.25, 0.3) is 0 Å². The lowest BCUT2D eigenvalue weighted by Crippen LogP contribution is -2.02. The molecule has 0 aliphatic carbocycles. The molecule has 0 atom stereocenters. The van der Waals surface area contributed by atoms with E-state index in [0.29, 0.717) is 11.3 Å². The van der Waals surface area contributed by atoms with Crippen LogP contribution >= 0.6 is 11.3 Å². The van der Waals surface area contributed by atoms with Crippen LogP contribution in [-0.2, 0) is 0 Å². The fourth-order valence-electron chi connectivity index (χ4n) is 2.25. The van der Waals surface area contributed by atoms with Gasteiger partial charge in [-0.05, 0) is 36.8 Å². The first kappa shape index (κ1) is 11.9. The highest BCUT2D eigenvalue weighted by Crippen LogP contribution is 2.28. The lowest BCUT2D eigenvalue weighted by atomic mass is 10.0. The lowest BCUT2D eigenvalue weighted by Gasteiger charge is -2.03. The van der Waals surface area contributed by atoms with Crippen LogP contribution in [0.1, 0.15) is 21.5 Å². The molecule has 0 saturated heterocycles. The van der Waals surface area contributed by atoms with Crippen molar-refractivity contribution in [3.63, 3.8) is 0 Å². The van der Waals surface area contributed by atoms with E-state index >= 15 is 0 Å². The van der Waals surface area contributed by atoms with Gasteiger partial charge in [-0.3, -0.25) is 4.79 Å². The van der Waals surface area contributed by atoms with Crippen LogP contribution in [0, 0.1) is 6.92 Å². The zero-order valence-electron chi connectivity index (χ0n) is 10.5. The maximum Gasteiger partial charge on any atom is 0.194 e. The van der Waals surface area contributed by atoms with Crippen molar-refractivity contribution < 1.29 is 4.79 Å². The van der Waals surface area contributed by atoms with Crippen LogP contribution < -0.4 is 5.73 Å². The van der Waals surface area contributed by atoms with Crippen LogP contribution in [0.4, 0.5) is 5.69 Å². The number of hydrogen-bond acceptors (Lipinski definition) is 3. The smallest absolute Gasteiger partial charge is 0.194 e. The first-order valence-corrected chi connectivity index (χ1v) is 6.91. The topological polar surface area (TPSA) is 43.1 Å². The average molecular weight is 267 g/mol. The van der Waals surface area contributed by atoms with Gasteiger partial charge in [-0.2, -0.15) is 0 Å². The summed E-state index contributed by atoms with van der Waals surface area (Å²) in [4.78, 5) is 12.6. The Hall–Kier alpha value is -2.13. The molecule has 3 rings (SSSR count). The standard InChI is InChI=1S/C16H13NOS/c1-10-6-11(8-12(17)7-10)16(18)14-9-19-15-5-3-2-4-13(14)15/h2-9H,17H2,1H3. The summed E-state index contributed by atoms with van der Waals surface area (Å²) in [6.07, 6.45) is 0. The second-order valence-electron chi connectivity index (χ2n) is 4.61. The Balaban J connectivity index is 2.13. The third-order valence-electron chi connectivity index (χ3n) is 3.09. The van der Waals surface area contributed by atoms with Crippen molar-refractivity contribution >= 4 is 32.9 Å². The molecule has 2 aromatic carbocycles. The summed E-state index contributed by atoms with van der Waals surface area (Å²) in [7, 11) is 0. The van der Waals surface area contributed by atoms with Crippen molar-refractivity contribution in [2.45, 2.75) is 6.92 Å². The molecule has 19 heavy (non-hydrogen) atoms. The van der Waals surface area contributed by atoms with Gasteiger partial charge >= 0.3 is 0 Å². The minimum atomic E-state index is 0.0350. The second kappa shape index (κ2) is 4.52. The SMILES string of the molecule is Cc1cc(N)cc(C(=O)c2csc3ccccc23)c1. The van der Waals surface area contributed by atoms with E-state index in [-0.39, 0.29) is 5.78 Å². The van der Waals surface area contributed by atoms with E-state index in [4.69, 9.17) is 5.73 Å². The molecule has 2 N–H and O–H groups in total. The number of thiophene rings is 1. The van der Waals surface area contributed by atoms with E-state index in [2.05, 4.69) is 0 Å². The molecular formula is C16H13NOS. The van der Waals surface area contributed by atoms with Crippen LogP contribution in [0.2, 0.25) is 0 Å². The number of nitrogens with two attached hydrogens (primary N) is 1. The monoisotopic (exact) mass is 267 g/mol. The predicted octanol–water partition coefficient (Wildman–Crippen LogP) is 4.02. The summed E-state index contributed by atoms with van der Waals surface area (Å²) >= 11 is 1.59. The van der Waals surface area contributed by atoms with Gasteiger partial charge in [0.1, 0.15) is 0 Å². The van der Waals surface area contributed by atoms with Crippen LogP contribution in [0.15, 0.2) is 47.8 Å². The van der Waals surface area contributed by atoms with E-state index < -0.39 is 0 Å². The number of anilines is 1. The first-order chi connectivity index (χ1) is 9.15. The Morgan fingerprint density at radius 1 is 1.16 bits per heavy atom. The minimum Gasteiger partial charge on any atom is -0.399 e. The van der Waals surface area contributed by atoms with Gasteiger partial charge in [-0.25, -0.2) is 0 Å². The van der Waals surface area contributed by atoms with Gasteiger partial charge in [-0.1, -0.05) is 18.2 Å². The van der Waals surface area contributed by atoms with Gasteiger partial charge in [0.15, 0.2) is 5.78 Å². The maximum atomic E-state index is 12.6. The van der Waals surface area contributed by atoms with Gasteiger partial charge in [0, 0.05) is 32.3 Å². The van der Waals surface area contributed by atoms with E-state index in [1.165, 1.54) is 0 Å². The molecular weight excluding hydrogens is 254 g/mol. The van der Waals surface area contributed by atoms with Crippen LogP contribution in [0.25, 0.3) is 10.1 Å². The van der Waals surface area contributed by atoms with Crippen LogP contribution in [0.5, 0.6) is 0 Å². The molecule has 0 aliphatic rings. The Kier molecular flexibility index (Phi) is 2.84. The highest BCUT2D eigenvalue weighted by atomic mass is 32.1. The predicted molar refractivity (Wildman–Crippen MR) is 80.8 cm³/mol. The first-order valence-electron chi connectivity index (χ1n) is 6.03. The Bertz CT molecular complexity index is 753. The molecule has 1 heterocycles. The molecule has 0 aliphatic heterocycles. The molecule has 0 radical (unpaired) electrons. The van der Waals surface area contributed by atoms with E-state index in [1.54, 1.807) is 17.4 Å². The quantitative estimate of drug-likeness (QED) is 0.563. The summed E-state index contributed by atoms with van der Waals surface area (Å²) in [5.41, 5.74) is 8.85. The minimum absolute atomic E-state index is 0.0350. The number of hydrogen-bond donors (Lipinski definition) is 1. The fourth-order valence-corrected chi connectivity index (χ4v) is 3.19. The Morgan fingerprint density at radius 3 is 2.74 bits per heavy atom. The van der Waals surface area contributed by atoms with Crippen molar-refractivity contribution in [1.29, 1.82) is 0 Å². The number of benzene rings is 2. The number of ketones is 1. The van der Waals surface area contributed by atoms with Crippen molar-refractivity contribution in [3.8, 4) is 0 Å². The summed E-state index contributed by atoms with van der Waals surface area (Å²) in [5, 5.41) is 2.93. The van der Waals surface area contributed by atoms with Crippen molar-refractivity contribution in [2.75, 3.05) is 5.73 Å². The third kappa shape index (κ3) is 2.13. The molecule has 0 amide bonds. The molecule has 0 saturated carbocycles. The van der Waals surface area contributed by atoms with Gasteiger partial charge in [-0.15, -0.1) is 11.3 Å². The summed E-state index contributed by atoms with van der Waals surface area (Å²) < 4.78 is 1.13. The van der Waals surface area contributed by atoms with Crippen LogP contribution in [-0.4, -0.2) is 5.78 Å². The third-order valence-corrected chi connectivity index (χ3v) is 4.05. The summed E-state index contributed by atoms with van der Waals surface area (Å²) in [6.45, 7) is 1.94. The number of rotatable bonds is 2. The van der Waals surface area contributed by atoms with Gasteiger partial charge in [0.05, 0.1) is 0 Å². The largest absolute Gasteiger partial charge is 0.399 e. The van der Waals surface area contributed by atoms with Gasteiger partial charge in [0.2, 0.25) is 0 Å². The molecule has 0 bridgehead atoms. The average Bonchev–Trinajstić information content (AvgIpc) is 2.80. The number of carbonyl (C=O) groups excluding carboxylic acids is 1. The fraction of sp³-hybridized carbons (Fsp3) is 0.0625. The van der Waals surface area contributed by atoms with E-state index in [9.17, 15) is 4.79 Å². The zero-order valence-corrected chi connectivity index (χ0v) is 11.3. The van der Waals surface area contributed by atoms with E-state index in [0.717, 1.165) is 21.2 Å². The van der Waals surface area contributed by atoms with Crippen LogP contribution in [0.3, 0.4) is 0 Å². The van der Waals surface area contributed by atoms with Crippen molar-refractivity contribution in [1.82, 2.24) is 0 Å². The molecule has 0 fully saturated rings. The Labute approximate surface area is 115 Å². The number of carbonyl (C=O) groups is 1. The maximum absolute atomic E-state index is 12.6. The molecule has 94 valence electrons. The number of nitrogen functional groups attached to an aromatic ring is 1. The van der Waals surface area contributed by atoms with Crippen molar-refractivity contribution in [2.24, 2.45) is 0 Å². The Morgan fingerprint density at radius 2 is 1.95 bits per heavy atom. The zero-order chi connectivity index (χ0) is 13.4. The molecule has 2 nitrogen and oxygen atoms in total. The molecule has 1 aromatic heterocycles. The number of aryl methyl sites for hydroxylation is 1. The summed E-state index contributed by atoms with van der Waals surface area (Å²) in [6, 6.07) is 13.4. The van der Waals surface area contributed by atoms with E-state index in [1.807, 2.05) is 48.7 Å². The number of fused-ring (bicyclic) bond motifs is 1. The summed E-state index contributed by atoms with van der Waals surface area (Å²) in [5.74, 6) is 0.0350. The molecule has 0 unspecified atom stereocenters. The highest BCUT2D eigenvalue weighted by molar-refractivity contribution is 7.17. The molecule has 3 aromatic rings. The lowest BCUT2D eigenvalue weighted by molar-refractivity contribution is 0.104. The highest BCUT2D eigenvalue weighted by Gasteiger charge is 2.14. The molecule has 0 spiro atoms. The normalized spacial score (nSPS) is 10.8. The van der Waals surface area contributed by atoms with Gasteiger partial charge < -0.3 is 5.73 Å². The second-order valence-corrected chi connectivity index (χ2v) is 5.52. The van der Waals surface area contributed by atoms with Crippen molar-refractivity contribution in [3.05, 3.63) is 64.5 Å². The molecule has 3 heteroatoms.